The Morgan fingerprint density at radius 3 is 2.58 bits per heavy atom. The van der Waals surface area contributed by atoms with Crippen molar-refractivity contribution in [2.24, 2.45) is 11.8 Å². The summed E-state index contributed by atoms with van der Waals surface area (Å²) in [5.41, 5.74) is 0. The Bertz CT molecular complexity index is 434. The molecule has 19 heavy (non-hydrogen) atoms. The third-order valence-corrected chi connectivity index (χ3v) is 4.55. The average molecular weight is 328 g/mol. The molecule has 2 nitrogen and oxygen atoms in total. The summed E-state index contributed by atoms with van der Waals surface area (Å²) in [5.74, 6) is 2.11. The minimum absolute atomic E-state index is 0.264. The number of benzene rings is 1. The predicted octanol–water partition coefficient (Wildman–Crippen LogP) is 3.75. The van der Waals surface area contributed by atoms with Crippen LogP contribution in [0.1, 0.15) is 25.7 Å². The van der Waals surface area contributed by atoms with Crippen molar-refractivity contribution in [3.05, 3.63) is 28.5 Å². The van der Waals surface area contributed by atoms with Crippen molar-refractivity contribution in [3.8, 4) is 5.75 Å². The van der Waals surface area contributed by atoms with Gasteiger partial charge in [-0.2, -0.15) is 0 Å². The maximum Gasteiger partial charge on any atom is 0.136 e. The van der Waals surface area contributed by atoms with Gasteiger partial charge in [0.2, 0.25) is 0 Å². The van der Waals surface area contributed by atoms with Crippen molar-refractivity contribution in [3.63, 3.8) is 0 Å². The number of hydrogen-bond donors (Lipinski definition) is 1. The molecule has 104 valence electrons. The van der Waals surface area contributed by atoms with Gasteiger partial charge in [0, 0.05) is 18.7 Å². The van der Waals surface area contributed by atoms with Crippen molar-refractivity contribution < 1.29 is 9.13 Å². The first-order valence-corrected chi connectivity index (χ1v) is 7.84. The standard InChI is InChI=1S/C15H19BrFNO/c16-13-6-5-12(17)9-14(13)19-8-7-18-15(10-1-2-10)11-3-4-11/h5-6,9-11,15,18H,1-4,7-8H2. The van der Waals surface area contributed by atoms with Crippen LogP contribution in [0.3, 0.4) is 0 Å². The molecule has 1 aromatic carbocycles. The van der Waals surface area contributed by atoms with E-state index in [0.717, 1.165) is 22.9 Å². The molecule has 2 fully saturated rings. The van der Waals surface area contributed by atoms with E-state index in [-0.39, 0.29) is 5.82 Å². The molecule has 0 heterocycles. The highest BCUT2D eigenvalue weighted by molar-refractivity contribution is 9.10. The van der Waals surface area contributed by atoms with E-state index in [1.54, 1.807) is 6.07 Å². The van der Waals surface area contributed by atoms with Gasteiger partial charge in [-0.1, -0.05) is 0 Å². The molecule has 0 atom stereocenters. The van der Waals surface area contributed by atoms with Gasteiger partial charge in [-0.05, 0) is 65.6 Å². The summed E-state index contributed by atoms with van der Waals surface area (Å²) in [5, 5.41) is 3.61. The van der Waals surface area contributed by atoms with Crippen LogP contribution in [0.4, 0.5) is 4.39 Å². The molecular weight excluding hydrogens is 309 g/mol. The highest BCUT2D eigenvalue weighted by atomic mass is 79.9. The van der Waals surface area contributed by atoms with Gasteiger partial charge in [0.05, 0.1) is 4.47 Å². The Morgan fingerprint density at radius 2 is 1.95 bits per heavy atom. The van der Waals surface area contributed by atoms with Gasteiger partial charge in [0.25, 0.3) is 0 Å². The largest absolute Gasteiger partial charge is 0.491 e. The zero-order chi connectivity index (χ0) is 13.2. The lowest BCUT2D eigenvalue weighted by Gasteiger charge is -2.18. The number of nitrogens with one attached hydrogen (secondary N) is 1. The van der Waals surface area contributed by atoms with Gasteiger partial charge < -0.3 is 10.1 Å². The van der Waals surface area contributed by atoms with Gasteiger partial charge in [0.1, 0.15) is 18.2 Å². The number of hydrogen-bond acceptors (Lipinski definition) is 2. The van der Waals surface area contributed by atoms with Crippen molar-refractivity contribution in [2.45, 2.75) is 31.7 Å². The average Bonchev–Trinajstić information content (AvgIpc) is 3.26. The van der Waals surface area contributed by atoms with E-state index in [9.17, 15) is 4.39 Å². The Balaban J connectivity index is 1.43. The van der Waals surface area contributed by atoms with Gasteiger partial charge in [0.15, 0.2) is 0 Å². The molecule has 0 amide bonds. The van der Waals surface area contributed by atoms with E-state index >= 15 is 0 Å². The minimum Gasteiger partial charge on any atom is -0.491 e. The Morgan fingerprint density at radius 1 is 1.26 bits per heavy atom. The summed E-state index contributed by atoms with van der Waals surface area (Å²) in [7, 11) is 0. The Hall–Kier alpha value is -0.610. The lowest BCUT2D eigenvalue weighted by Crippen LogP contribution is -2.36. The monoisotopic (exact) mass is 327 g/mol. The van der Waals surface area contributed by atoms with Gasteiger partial charge >= 0.3 is 0 Å². The molecule has 0 saturated heterocycles. The molecule has 2 saturated carbocycles. The fraction of sp³-hybridized carbons (Fsp3) is 0.600. The highest BCUT2D eigenvalue weighted by Gasteiger charge is 2.40. The van der Waals surface area contributed by atoms with E-state index in [4.69, 9.17) is 4.74 Å². The second-order valence-corrected chi connectivity index (χ2v) is 6.43. The lowest BCUT2D eigenvalue weighted by molar-refractivity contribution is 0.291. The van der Waals surface area contributed by atoms with Crippen LogP contribution in [0.2, 0.25) is 0 Å². The van der Waals surface area contributed by atoms with Crippen LogP contribution in [0.25, 0.3) is 0 Å². The molecule has 0 spiro atoms. The third-order valence-electron chi connectivity index (χ3n) is 3.89. The van der Waals surface area contributed by atoms with Gasteiger partial charge in [-0.25, -0.2) is 4.39 Å². The maximum atomic E-state index is 13.1. The van der Waals surface area contributed by atoms with Crippen LogP contribution in [0.15, 0.2) is 22.7 Å². The fourth-order valence-electron chi connectivity index (χ4n) is 2.60. The summed E-state index contributed by atoms with van der Waals surface area (Å²) < 4.78 is 19.5. The molecule has 0 aromatic heterocycles. The molecule has 0 aliphatic heterocycles. The lowest BCUT2D eigenvalue weighted by atomic mass is 10.1. The highest BCUT2D eigenvalue weighted by Crippen LogP contribution is 2.44. The molecule has 0 unspecified atom stereocenters. The fourth-order valence-corrected chi connectivity index (χ4v) is 2.96. The molecule has 2 aliphatic rings. The topological polar surface area (TPSA) is 21.3 Å². The molecule has 2 aliphatic carbocycles. The van der Waals surface area contributed by atoms with Crippen molar-refractivity contribution in [1.82, 2.24) is 5.32 Å². The van der Waals surface area contributed by atoms with Crippen LogP contribution in [0, 0.1) is 17.7 Å². The summed E-state index contributed by atoms with van der Waals surface area (Å²) in [4.78, 5) is 0. The summed E-state index contributed by atoms with van der Waals surface area (Å²) in [6.07, 6.45) is 5.52. The molecule has 0 bridgehead atoms. The number of ether oxygens (including phenoxy) is 1. The number of halogens is 2. The van der Waals surface area contributed by atoms with E-state index in [2.05, 4.69) is 21.2 Å². The minimum atomic E-state index is -0.264. The van der Waals surface area contributed by atoms with E-state index in [0.29, 0.717) is 18.4 Å². The normalized spacial score (nSPS) is 18.9. The Labute approximate surface area is 121 Å². The van der Waals surface area contributed by atoms with Crippen LogP contribution >= 0.6 is 15.9 Å². The van der Waals surface area contributed by atoms with E-state index in [1.165, 1.54) is 37.8 Å². The summed E-state index contributed by atoms with van der Waals surface area (Å²) in [6.45, 7) is 1.42. The SMILES string of the molecule is Fc1ccc(Br)c(OCCNC(C2CC2)C2CC2)c1. The first-order valence-electron chi connectivity index (χ1n) is 7.05. The zero-order valence-corrected chi connectivity index (χ0v) is 12.5. The van der Waals surface area contributed by atoms with Crippen molar-refractivity contribution in [1.29, 1.82) is 0 Å². The zero-order valence-electron chi connectivity index (χ0n) is 10.9. The smallest absolute Gasteiger partial charge is 0.136 e. The van der Waals surface area contributed by atoms with E-state index < -0.39 is 0 Å². The molecule has 4 heteroatoms. The molecule has 1 N–H and O–H groups in total. The van der Waals surface area contributed by atoms with Gasteiger partial charge in [-0.3, -0.25) is 0 Å². The summed E-state index contributed by atoms with van der Waals surface area (Å²) in [6, 6.07) is 5.21. The predicted molar refractivity (Wildman–Crippen MR) is 76.8 cm³/mol. The molecule has 3 rings (SSSR count). The van der Waals surface area contributed by atoms with Crippen LogP contribution in [-0.4, -0.2) is 19.2 Å². The van der Waals surface area contributed by atoms with Crippen LogP contribution in [-0.2, 0) is 0 Å². The quantitative estimate of drug-likeness (QED) is 0.770. The van der Waals surface area contributed by atoms with E-state index in [1.807, 2.05) is 0 Å². The second-order valence-electron chi connectivity index (χ2n) is 5.58. The van der Waals surface area contributed by atoms with Crippen LogP contribution < -0.4 is 10.1 Å². The van der Waals surface area contributed by atoms with Crippen LogP contribution in [0.5, 0.6) is 5.75 Å². The Kier molecular flexibility index (Phi) is 4.08. The summed E-state index contributed by atoms with van der Waals surface area (Å²) >= 11 is 3.37. The molecule has 1 aromatic rings. The number of rotatable bonds is 7. The molecule has 0 radical (unpaired) electrons. The first kappa shape index (κ1) is 13.4. The van der Waals surface area contributed by atoms with Crippen molar-refractivity contribution in [2.75, 3.05) is 13.2 Å². The van der Waals surface area contributed by atoms with Crippen molar-refractivity contribution >= 4 is 15.9 Å². The van der Waals surface area contributed by atoms with Gasteiger partial charge in [-0.15, -0.1) is 0 Å². The molecular formula is C15H19BrFNO. The second kappa shape index (κ2) is 5.80. The third kappa shape index (κ3) is 3.69. The maximum absolute atomic E-state index is 13.1. The first-order chi connectivity index (χ1) is 9.24.